The number of aromatic nitrogens is 2. The Morgan fingerprint density at radius 3 is 2.63 bits per heavy atom. The summed E-state index contributed by atoms with van der Waals surface area (Å²) in [4.78, 5) is 21.0. The quantitative estimate of drug-likeness (QED) is 0.266. The Balaban J connectivity index is 1.61. The fourth-order valence-corrected chi connectivity index (χ4v) is 3.82. The SMILES string of the molecule is CCc1ccccc1Nc1c(C(N)=O)cnc2cc(OC)c(OCCCNc3ccccn3)cc12. The highest BCUT2D eigenvalue weighted by Gasteiger charge is 2.18. The van der Waals surface area contributed by atoms with Crippen molar-refractivity contribution in [2.75, 3.05) is 30.9 Å². The molecule has 2 aromatic heterocycles. The number of nitrogens with one attached hydrogen (secondary N) is 2. The largest absolute Gasteiger partial charge is 0.493 e. The molecule has 0 fully saturated rings. The monoisotopic (exact) mass is 471 g/mol. The van der Waals surface area contributed by atoms with Crippen LogP contribution in [0.3, 0.4) is 0 Å². The van der Waals surface area contributed by atoms with Crippen LogP contribution >= 0.6 is 0 Å². The van der Waals surface area contributed by atoms with Gasteiger partial charge in [-0.15, -0.1) is 0 Å². The van der Waals surface area contributed by atoms with E-state index in [0.717, 1.165) is 35.3 Å². The molecule has 0 saturated carbocycles. The maximum absolute atomic E-state index is 12.3. The summed E-state index contributed by atoms with van der Waals surface area (Å²) in [5, 5.41) is 7.40. The molecule has 0 aliphatic carbocycles. The number of nitrogens with zero attached hydrogens (tertiary/aromatic N) is 2. The first kappa shape index (κ1) is 23.8. The normalized spacial score (nSPS) is 10.7. The molecule has 0 aliphatic rings. The van der Waals surface area contributed by atoms with Gasteiger partial charge < -0.3 is 25.8 Å². The number of primary amides is 1. The number of hydrogen-bond donors (Lipinski definition) is 3. The van der Waals surface area contributed by atoms with E-state index in [0.29, 0.717) is 41.4 Å². The number of ether oxygens (including phenoxy) is 2. The van der Waals surface area contributed by atoms with Crippen molar-refractivity contribution in [1.82, 2.24) is 9.97 Å². The van der Waals surface area contributed by atoms with Crippen LogP contribution in [0.2, 0.25) is 0 Å². The summed E-state index contributed by atoms with van der Waals surface area (Å²) >= 11 is 0. The van der Waals surface area contributed by atoms with Gasteiger partial charge in [0, 0.05) is 36.1 Å². The molecule has 0 radical (unpaired) electrons. The predicted molar refractivity (Wildman–Crippen MR) is 139 cm³/mol. The number of amides is 1. The molecule has 0 bridgehead atoms. The Morgan fingerprint density at radius 2 is 1.89 bits per heavy atom. The molecule has 1 amide bonds. The fraction of sp³-hybridized carbons (Fsp3) is 0.222. The molecule has 0 unspecified atom stereocenters. The lowest BCUT2D eigenvalue weighted by Gasteiger charge is -2.18. The summed E-state index contributed by atoms with van der Waals surface area (Å²) in [5.74, 6) is 1.39. The van der Waals surface area contributed by atoms with Crippen molar-refractivity contribution < 1.29 is 14.3 Å². The van der Waals surface area contributed by atoms with E-state index in [-0.39, 0.29) is 0 Å². The minimum atomic E-state index is -0.560. The zero-order valence-electron chi connectivity index (χ0n) is 19.9. The summed E-state index contributed by atoms with van der Waals surface area (Å²) in [6.45, 7) is 3.26. The maximum Gasteiger partial charge on any atom is 0.252 e. The summed E-state index contributed by atoms with van der Waals surface area (Å²) in [5.41, 5.74) is 9.28. The second-order valence-corrected chi connectivity index (χ2v) is 7.91. The molecule has 0 spiro atoms. The molecule has 4 aromatic rings. The summed E-state index contributed by atoms with van der Waals surface area (Å²) in [6, 6.07) is 17.3. The van der Waals surface area contributed by atoms with E-state index in [4.69, 9.17) is 15.2 Å². The van der Waals surface area contributed by atoms with Gasteiger partial charge in [-0.2, -0.15) is 0 Å². The number of methoxy groups -OCH3 is 1. The highest BCUT2D eigenvalue weighted by atomic mass is 16.5. The first-order valence-corrected chi connectivity index (χ1v) is 11.5. The van der Waals surface area contributed by atoms with Crippen molar-refractivity contribution in [2.24, 2.45) is 5.73 Å². The van der Waals surface area contributed by atoms with Gasteiger partial charge in [-0.1, -0.05) is 31.2 Å². The lowest BCUT2D eigenvalue weighted by atomic mass is 10.1. The molecular weight excluding hydrogens is 442 g/mol. The lowest BCUT2D eigenvalue weighted by Crippen LogP contribution is -2.14. The molecule has 8 nitrogen and oxygen atoms in total. The van der Waals surface area contributed by atoms with Crippen LogP contribution in [0.15, 0.2) is 67.0 Å². The van der Waals surface area contributed by atoms with Crippen LogP contribution in [-0.4, -0.2) is 36.1 Å². The van der Waals surface area contributed by atoms with Gasteiger partial charge in [-0.25, -0.2) is 4.98 Å². The van der Waals surface area contributed by atoms with Crippen molar-refractivity contribution in [3.63, 3.8) is 0 Å². The summed E-state index contributed by atoms with van der Waals surface area (Å²) in [6.07, 6.45) is 4.83. The molecule has 180 valence electrons. The first-order valence-electron chi connectivity index (χ1n) is 11.5. The van der Waals surface area contributed by atoms with Gasteiger partial charge in [0.2, 0.25) is 0 Å². The van der Waals surface area contributed by atoms with Crippen molar-refractivity contribution >= 4 is 34.0 Å². The van der Waals surface area contributed by atoms with Gasteiger partial charge in [0.25, 0.3) is 5.91 Å². The third kappa shape index (κ3) is 5.60. The number of hydrogen-bond acceptors (Lipinski definition) is 7. The Kier molecular flexibility index (Phi) is 7.62. The van der Waals surface area contributed by atoms with E-state index in [1.54, 1.807) is 19.4 Å². The van der Waals surface area contributed by atoms with Crippen molar-refractivity contribution in [2.45, 2.75) is 19.8 Å². The first-order chi connectivity index (χ1) is 17.1. The molecular formula is C27H29N5O3. The molecule has 2 aromatic carbocycles. The van der Waals surface area contributed by atoms with E-state index in [9.17, 15) is 4.79 Å². The van der Waals surface area contributed by atoms with Crippen LogP contribution in [0.4, 0.5) is 17.2 Å². The molecule has 4 rings (SSSR count). The molecule has 0 saturated heterocycles. The van der Waals surface area contributed by atoms with Gasteiger partial charge in [-0.05, 0) is 42.7 Å². The number of aryl methyl sites for hydroxylation is 1. The van der Waals surface area contributed by atoms with Crippen LogP contribution in [0.1, 0.15) is 29.3 Å². The van der Waals surface area contributed by atoms with Crippen LogP contribution in [0.5, 0.6) is 11.5 Å². The third-order valence-electron chi connectivity index (χ3n) is 5.63. The Labute approximate surface area is 204 Å². The smallest absolute Gasteiger partial charge is 0.252 e. The minimum Gasteiger partial charge on any atom is -0.493 e. The van der Waals surface area contributed by atoms with E-state index < -0.39 is 5.91 Å². The molecule has 8 heteroatoms. The fourth-order valence-electron chi connectivity index (χ4n) is 3.82. The average molecular weight is 472 g/mol. The van der Waals surface area contributed by atoms with Gasteiger partial charge in [-0.3, -0.25) is 9.78 Å². The van der Waals surface area contributed by atoms with E-state index in [1.807, 2.05) is 48.5 Å². The Hall–Kier alpha value is -4.33. The lowest BCUT2D eigenvalue weighted by molar-refractivity contribution is 0.100. The van der Waals surface area contributed by atoms with Crippen LogP contribution < -0.4 is 25.8 Å². The van der Waals surface area contributed by atoms with E-state index in [2.05, 4.69) is 27.5 Å². The number of para-hydroxylation sites is 1. The standard InChI is InChI=1S/C27H29N5O3/c1-3-18-9-4-5-10-21(18)32-26-19-15-24(35-14-8-13-30-25-11-6-7-12-29-25)23(34-2)16-22(19)31-17-20(26)27(28)33/h4-7,9-12,15-17H,3,8,13-14H2,1-2H3,(H2,28,33)(H,29,30)(H,31,32). The van der Waals surface area contributed by atoms with Crippen molar-refractivity contribution in [1.29, 1.82) is 0 Å². The van der Waals surface area contributed by atoms with Crippen LogP contribution in [0.25, 0.3) is 10.9 Å². The van der Waals surface area contributed by atoms with E-state index in [1.165, 1.54) is 6.20 Å². The number of carbonyl (C=O) groups is 1. The van der Waals surface area contributed by atoms with E-state index >= 15 is 0 Å². The van der Waals surface area contributed by atoms with Crippen LogP contribution in [0, 0.1) is 0 Å². The average Bonchev–Trinajstić information content (AvgIpc) is 2.89. The molecule has 35 heavy (non-hydrogen) atoms. The number of fused-ring (bicyclic) bond motifs is 1. The van der Waals surface area contributed by atoms with Gasteiger partial charge in [0.1, 0.15) is 5.82 Å². The minimum absolute atomic E-state index is 0.305. The summed E-state index contributed by atoms with van der Waals surface area (Å²) < 4.78 is 11.6. The molecule has 0 atom stereocenters. The second kappa shape index (κ2) is 11.2. The Bertz CT molecular complexity index is 1310. The van der Waals surface area contributed by atoms with Gasteiger partial charge >= 0.3 is 0 Å². The maximum atomic E-state index is 12.3. The number of carbonyl (C=O) groups excluding carboxylic acids is 1. The second-order valence-electron chi connectivity index (χ2n) is 7.91. The van der Waals surface area contributed by atoms with Crippen molar-refractivity contribution in [3.8, 4) is 11.5 Å². The van der Waals surface area contributed by atoms with Crippen molar-refractivity contribution in [3.05, 3.63) is 78.1 Å². The highest BCUT2D eigenvalue weighted by molar-refractivity contribution is 6.08. The number of pyridine rings is 2. The topological polar surface area (TPSA) is 111 Å². The number of anilines is 3. The summed E-state index contributed by atoms with van der Waals surface area (Å²) in [7, 11) is 1.59. The van der Waals surface area contributed by atoms with Crippen LogP contribution in [-0.2, 0) is 6.42 Å². The van der Waals surface area contributed by atoms with Gasteiger partial charge in [0.15, 0.2) is 11.5 Å². The van der Waals surface area contributed by atoms with Gasteiger partial charge in [0.05, 0.1) is 30.5 Å². The third-order valence-corrected chi connectivity index (χ3v) is 5.63. The predicted octanol–water partition coefficient (Wildman–Crippen LogP) is 4.92. The molecule has 0 aliphatic heterocycles. The number of nitrogens with two attached hydrogens (primary N) is 1. The number of rotatable bonds is 11. The Morgan fingerprint density at radius 1 is 1.06 bits per heavy atom. The number of benzene rings is 2. The highest BCUT2D eigenvalue weighted by Crippen LogP contribution is 2.37. The molecule has 4 N–H and O–H groups in total. The zero-order chi connectivity index (χ0) is 24.6. The zero-order valence-corrected chi connectivity index (χ0v) is 19.9. The molecule has 2 heterocycles.